The maximum absolute atomic E-state index is 13.6. The summed E-state index contributed by atoms with van der Waals surface area (Å²) in [7, 11) is 1.34. The molecule has 1 heterocycles. The fourth-order valence-electron chi connectivity index (χ4n) is 5.66. The number of phenols is 2. The van der Waals surface area contributed by atoms with E-state index in [2.05, 4.69) is 0 Å². The summed E-state index contributed by atoms with van der Waals surface area (Å²) in [5.74, 6) is -3.18. The molecule has 0 aromatic heterocycles. The summed E-state index contributed by atoms with van der Waals surface area (Å²) in [6.45, 7) is 2.79. The number of phenolic OH excluding ortho intramolecular Hbond substituents is 2. The third-order valence-electron chi connectivity index (χ3n) is 7.80. The molecule has 2 aromatic rings. The summed E-state index contributed by atoms with van der Waals surface area (Å²) < 4.78 is 17.1. The van der Waals surface area contributed by atoms with Crippen LogP contribution in [0.1, 0.15) is 75.8 Å². The van der Waals surface area contributed by atoms with Crippen LogP contribution in [0.3, 0.4) is 0 Å². The lowest BCUT2D eigenvalue weighted by Gasteiger charge is -2.42. The van der Waals surface area contributed by atoms with Crippen molar-refractivity contribution in [2.45, 2.75) is 69.4 Å². The summed E-state index contributed by atoms with van der Waals surface area (Å²) in [6, 6.07) is 3.75. The van der Waals surface area contributed by atoms with Crippen molar-refractivity contribution >= 4 is 29.8 Å². The maximum Gasteiger partial charge on any atom is 0.202 e. The van der Waals surface area contributed by atoms with Crippen LogP contribution in [0.4, 0.5) is 0 Å². The Kier molecular flexibility index (Phi) is 7.54. The molecule has 0 bridgehead atoms. The Bertz CT molecular complexity index is 1370. The van der Waals surface area contributed by atoms with Crippen LogP contribution in [-0.4, -0.2) is 75.0 Å². The van der Waals surface area contributed by atoms with Crippen molar-refractivity contribution in [3.8, 4) is 17.2 Å². The van der Waals surface area contributed by atoms with E-state index in [-0.39, 0.29) is 53.3 Å². The van der Waals surface area contributed by atoms with Gasteiger partial charge in [-0.1, -0.05) is 12.1 Å². The number of halogens is 1. The molecule has 0 spiro atoms. The van der Waals surface area contributed by atoms with Gasteiger partial charge in [-0.2, -0.15) is 0 Å². The van der Waals surface area contributed by atoms with Gasteiger partial charge in [0.05, 0.1) is 42.1 Å². The van der Waals surface area contributed by atoms with Crippen LogP contribution >= 0.6 is 12.4 Å². The molecule has 2 aromatic carbocycles. The standard InChI is InChI=1S/C27H29NO10.ClH/c1-10-22(30)14(28)7-17(37-10)38-16-9-27(35,11(2)29)8-13-19(16)26(34)21-20(24(13)32)23(31)12-5-4-6-15(36-3)18(12)25(21)33;/h4-6,10,14,16-17,22,30,32,34-35H,7-9,28H2,1-3H3;1H/t10-,14-,16?,17+,22+,27-;/m0./s1. The van der Waals surface area contributed by atoms with Crippen molar-refractivity contribution < 1.29 is 49.0 Å². The molecule has 6 N–H and O–H groups in total. The molecule has 1 saturated heterocycles. The van der Waals surface area contributed by atoms with E-state index in [4.69, 9.17) is 19.9 Å². The number of methoxy groups -OCH3 is 1. The van der Waals surface area contributed by atoms with E-state index < -0.39 is 82.6 Å². The van der Waals surface area contributed by atoms with Crippen LogP contribution in [0.25, 0.3) is 0 Å². The molecule has 5 rings (SSSR count). The first-order valence-electron chi connectivity index (χ1n) is 12.2. The van der Waals surface area contributed by atoms with Gasteiger partial charge in [-0.15, -0.1) is 12.4 Å². The SMILES string of the molecule is COc1cccc2c1C(=O)c1c(O)c3c(c(O)c1C2=O)C[C@@](O)(C(C)=O)CC3O[C@@H]1C[C@H](N)[C@H](O)[C@H](C)O1.Cl. The second kappa shape index (κ2) is 10.2. The Labute approximate surface area is 229 Å². The number of carbonyl (C=O) groups excluding carboxylic acids is 3. The van der Waals surface area contributed by atoms with Crippen molar-refractivity contribution in [1.29, 1.82) is 0 Å². The molecule has 1 unspecified atom stereocenters. The van der Waals surface area contributed by atoms with E-state index in [9.17, 15) is 34.8 Å². The second-order valence-corrected chi connectivity index (χ2v) is 10.1. The first-order valence-corrected chi connectivity index (χ1v) is 12.2. The summed E-state index contributed by atoms with van der Waals surface area (Å²) in [5.41, 5.74) is 2.97. The van der Waals surface area contributed by atoms with Gasteiger partial charge >= 0.3 is 0 Å². The van der Waals surface area contributed by atoms with Gasteiger partial charge in [0.25, 0.3) is 0 Å². The third kappa shape index (κ3) is 4.39. The highest BCUT2D eigenvalue weighted by atomic mass is 35.5. The van der Waals surface area contributed by atoms with E-state index in [1.54, 1.807) is 6.92 Å². The molecule has 6 atom stereocenters. The number of carbonyl (C=O) groups is 3. The number of hydrogen-bond acceptors (Lipinski definition) is 11. The first kappa shape index (κ1) is 28.9. The summed E-state index contributed by atoms with van der Waals surface area (Å²) >= 11 is 0. The number of fused-ring (bicyclic) bond motifs is 3. The number of aromatic hydroxyl groups is 2. The summed E-state index contributed by atoms with van der Waals surface area (Å²) in [5, 5.41) is 44.1. The van der Waals surface area contributed by atoms with Crippen molar-refractivity contribution in [1.82, 2.24) is 0 Å². The molecule has 1 aliphatic heterocycles. The minimum Gasteiger partial charge on any atom is -0.507 e. The normalized spacial score (nSPS) is 29.5. The van der Waals surface area contributed by atoms with Crippen molar-refractivity contribution in [2.24, 2.45) is 5.73 Å². The van der Waals surface area contributed by atoms with Crippen LogP contribution in [0, 0.1) is 0 Å². The molecule has 0 saturated carbocycles. The summed E-state index contributed by atoms with van der Waals surface area (Å²) in [6.07, 6.45) is -4.53. The predicted molar refractivity (Wildman–Crippen MR) is 138 cm³/mol. The van der Waals surface area contributed by atoms with E-state index in [0.29, 0.717) is 0 Å². The number of Topliss-reactive ketones (excluding diaryl/α,β-unsaturated/α-hetero) is 1. The number of rotatable bonds is 4. The fourth-order valence-corrected chi connectivity index (χ4v) is 5.66. The number of ether oxygens (including phenoxy) is 3. The minimum absolute atomic E-state index is 0. The van der Waals surface area contributed by atoms with E-state index in [1.807, 2.05) is 0 Å². The Hall–Kier alpha value is -3.06. The number of benzene rings is 2. The van der Waals surface area contributed by atoms with Gasteiger partial charge in [-0.05, 0) is 19.9 Å². The van der Waals surface area contributed by atoms with Crippen LogP contribution in [0.2, 0.25) is 0 Å². The third-order valence-corrected chi connectivity index (χ3v) is 7.80. The topological polar surface area (TPSA) is 186 Å². The largest absolute Gasteiger partial charge is 0.507 e. The van der Waals surface area contributed by atoms with Gasteiger partial charge in [0.1, 0.15) is 22.8 Å². The Morgan fingerprint density at radius 2 is 1.79 bits per heavy atom. The molecular formula is C27H30ClNO10. The molecule has 0 radical (unpaired) electrons. The Morgan fingerprint density at radius 1 is 1.13 bits per heavy atom. The quantitative estimate of drug-likeness (QED) is 0.289. The lowest BCUT2D eigenvalue weighted by atomic mass is 9.72. The molecule has 12 heteroatoms. The molecule has 210 valence electrons. The van der Waals surface area contributed by atoms with Gasteiger partial charge < -0.3 is 40.4 Å². The van der Waals surface area contributed by atoms with Crippen molar-refractivity contribution in [3.05, 3.63) is 51.6 Å². The lowest BCUT2D eigenvalue weighted by Crippen LogP contribution is -2.52. The van der Waals surface area contributed by atoms with Gasteiger partial charge in [0, 0.05) is 42.0 Å². The molecule has 1 fully saturated rings. The zero-order valence-electron chi connectivity index (χ0n) is 21.5. The maximum atomic E-state index is 13.6. The molecule has 0 amide bonds. The molecule has 2 aliphatic carbocycles. The predicted octanol–water partition coefficient (Wildman–Crippen LogP) is 1.45. The Morgan fingerprint density at radius 3 is 2.41 bits per heavy atom. The number of aliphatic hydroxyl groups excluding tert-OH is 1. The van der Waals surface area contributed by atoms with Crippen LogP contribution in [0.5, 0.6) is 17.2 Å². The van der Waals surface area contributed by atoms with Crippen LogP contribution < -0.4 is 10.5 Å². The van der Waals surface area contributed by atoms with Crippen molar-refractivity contribution in [2.75, 3.05) is 7.11 Å². The van der Waals surface area contributed by atoms with E-state index >= 15 is 0 Å². The summed E-state index contributed by atoms with van der Waals surface area (Å²) in [4.78, 5) is 39.6. The van der Waals surface area contributed by atoms with Crippen molar-refractivity contribution in [3.63, 3.8) is 0 Å². The number of ketones is 3. The monoisotopic (exact) mass is 563 g/mol. The average Bonchev–Trinajstić information content (AvgIpc) is 2.87. The zero-order valence-corrected chi connectivity index (χ0v) is 22.3. The van der Waals surface area contributed by atoms with E-state index in [0.717, 1.165) is 0 Å². The van der Waals surface area contributed by atoms with Gasteiger partial charge in [0.2, 0.25) is 5.78 Å². The second-order valence-electron chi connectivity index (χ2n) is 10.1. The first-order chi connectivity index (χ1) is 17.9. The van der Waals surface area contributed by atoms with E-state index in [1.165, 1.54) is 32.2 Å². The number of aliphatic hydroxyl groups is 2. The highest BCUT2D eigenvalue weighted by molar-refractivity contribution is 6.31. The average molecular weight is 564 g/mol. The zero-order chi connectivity index (χ0) is 27.7. The highest BCUT2D eigenvalue weighted by Crippen LogP contribution is 2.52. The molecule has 11 nitrogen and oxygen atoms in total. The van der Waals surface area contributed by atoms with Crippen LogP contribution in [0.15, 0.2) is 18.2 Å². The number of hydrogen-bond donors (Lipinski definition) is 5. The Balaban J connectivity index is 0.00000353. The molecule has 3 aliphatic rings. The molecular weight excluding hydrogens is 534 g/mol. The van der Waals surface area contributed by atoms with Crippen LogP contribution in [-0.2, 0) is 20.7 Å². The smallest absolute Gasteiger partial charge is 0.202 e. The lowest BCUT2D eigenvalue weighted by molar-refractivity contribution is -0.247. The van der Waals surface area contributed by atoms with Gasteiger partial charge in [-0.25, -0.2) is 0 Å². The fraction of sp³-hybridized carbons (Fsp3) is 0.444. The number of nitrogens with two attached hydrogens (primary N) is 1. The van der Waals surface area contributed by atoms with Gasteiger partial charge in [-0.3, -0.25) is 14.4 Å². The van der Waals surface area contributed by atoms with Gasteiger partial charge in [0.15, 0.2) is 17.9 Å². The molecule has 39 heavy (non-hydrogen) atoms. The highest BCUT2D eigenvalue weighted by Gasteiger charge is 2.49. The minimum atomic E-state index is -2.00.